The van der Waals surface area contributed by atoms with E-state index in [-0.39, 0.29) is 29.3 Å². The first-order valence-electron chi connectivity index (χ1n) is 8.43. The van der Waals surface area contributed by atoms with Gasteiger partial charge in [-0.25, -0.2) is 12.8 Å². The van der Waals surface area contributed by atoms with Gasteiger partial charge in [0.05, 0.1) is 11.5 Å². The summed E-state index contributed by atoms with van der Waals surface area (Å²) >= 11 is 1.40. The molecule has 2 aromatic rings. The predicted molar refractivity (Wildman–Crippen MR) is 103 cm³/mol. The van der Waals surface area contributed by atoms with Crippen LogP contribution in [0.1, 0.15) is 18.2 Å². The van der Waals surface area contributed by atoms with E-state index in [1.807, 2.05) is 19.1 Å². The zero-order chi connectivity index (χ0) is 18.7. The molecule has 0 saturated carbocycles. The number of thiophene rings is 1. The molecular formula is C19H20FNO3S2. The van der Waals surface area contributed by atoms with Crippen LogP contribution < -0.4 is 0 Å². The summed E-state index contributed by atoms with van der Waals surface area (Å²) in [6, 6.07) is 9.99. The molecule has 2 heterocycles. The van der Waals surface area contributed by atoms with Crippen molar-refractivity contribution in [2.75, 3.05) is 18.1 Å². The monoisotopic (exact) mass is 393 g/mol. The van der Waals surface area contributed by atoms with Gasteiger partial charge in [0.1, 0.15) is 5.82 Å². The molecule has 4 nitrogen and oxygen atoms in total. The van der Waals surface area contributed by atoms with E-state index in [9.17, 15) is 17.6 Å². The van der Waals surface area contributed by atoms with Crippen LogP contribution in [0.3, 0.4) is 0 Å². The molecule has 1 aromatic carbocycles. The van der Waals surface area contributed by atoms with E-state index in [0.717, 1.165) is 9.75 Å². The van der Waals surface area contributed by atoms with Crippen LogP contribution in [0.5, 0.6) is 0 Å². The Balaban J connectivity index is 1.71. The fraction of sp³-hybridized carbons (Fsp3) is 0.316. The molecule has 1 aromatic heterocycles. The SMILES string of the molecule is CCN(C(=O)/C=C/c1ccc(-c2ccccc2F)s1)C1CCS(=O)(=O)C1. The van der Waals surface area contributed by atoms with Gasteiger partial charge in [-0.3, -0.25) is 4.79 Å². The summed E-state index contributed by atoms with van der Waals surface area (Å²) in [7, 11) is -3.03. The Kier molecular flexibility index (Phi) is 5.58. The normalized spacial score (nSPS) is 19.1. The second kappa shape index (κ2) is 7.72. The zero-order valence-electron chi connectivity index (χ0n) is 14.4. The van der Waals surface area contributed by atoms with Crippen LogP contribution in [-0.4, -0.2) is 43.3 Å². The number of hydrogen-bond acceptors (Lipinski definition) is 4. The minimum Gasteiger partial charge on any atom is -0.335 e. The van der Waals surface area contributed by atoms with Crippen molar-refractivity contribution >= 4 is 33.2 Å². The van der Waals surface area contributed by atoms with Crippen LogP contribution in [0.2, 0.25) is 0 Å². The van der Waals surface area contributed by atoms with E-state index >= 15 is 0 Å². The molecule has 1 aliphatic rings. The number of halogens is 1. The average Bonchev–Trinajstić information content (AvgIpc) is 3.21. The van der Waals surface area contributed by atoms with Gasteiger partial charge in [-0.1, -0.05) is 18.2 Å². The van der Waals surface area contributed by atoms with Gasteiger partial charge in [-0.05, 0) is 37.6 Å². The molecule has 138 valence electrons. The first-order chi connectivity index (χ1) is 12.4. The van der Waals surface area contributed by atoms with E-state index in [0.29, 0.717) is 18.5 Å². The van der Waals surface area contributed by atoms with E-state index in [4.69, 9.17) is 0 Å². The molecule has 0 N–H and O–H groups in total. The molecule has 26 heavy (non-hydrogen) atoms. The summed E-state index contributed by atoms with van der Waals surface area (Å²) < 4.78 is 37.2. The molecule has 0 spiro atoms. The molecule has 0 aliphatic carbocycles. The molecule has 3 rings (SSSR count). The molecule has 1 atom stereocenters. The van der Waals surface area contributed by atoms with E-state index in [1.165, 1.54) is 23.5 Å². The number of carbonyl (C=O) groups is 1. The van der Waals surface area contributed by atoms with Crippen molar-refractivity contribution in [1.82, 2.24) is 4.90 Å². The third-order valence-electron chi connectivity index (χ3n) is 4.43. The van der Waals surface area contributed by atoms with Gasteiger partial charge in [-0.2, -0.15) is 0 Å². The molecule has 1 amide bonds. The molecule has 1 unspecified atom stereocenters. The summed E-state index contributed by atoms with van der Waals surface area (Å²) in [6.07, 6.45) is 3.65. The predicted octanol–water partition coefficient (Wildman–Crippen LogP) is 3.60. The van der Waals surface area contributed by atoms with Crippen LogP contribution in [0.15, 0.2) is 42.5 Å². The Morgan fingerprint density at radius 1 is 1.31 bits per heavy atom. The number of amides is 1. The van der Waals surface area contributed by atoms with Crippen LogP contribution in [0.4, 0.5) is 4.39 Å². The van der Waals surface area contributed by atoms with Gasteiger partial charge in [0.2, 0.25) is 5.91 Å². The largest absolute Gasteiger partial charge is 0.335 e. The van der Waals surface area contributed by atoms with E-state index in [1.54, 1.807) is 29.2 Å². The molecule has 0 radical (unpaired) electrons. The number of hydrogen-bond donors (Lipinski definition) is 0. The van der Waals surface area contributed by atoms with Gasteiger partial charge in [-0.15, -0.1) is 11.3 Å². The summed E-state index contributed by atoms with van der Waals surface area (Å²) in [5.41, 5.74) is 0.537. The summed E-state index contributed by atoms with van der Waals surface area (Å²) in [5.74, 6) is -0.296. The molecule has 1 saturated heterocycles. The Morgan fingerprint density at radius 3 is 2.73 bits per heavy atom. The minimum absolute atomic E-state index is 0.0385. The number of likely N-dealkylation sites (N-methyl/N-ethyl adjacent to an activating group) is 1. The summed E-state index contributed by atoms with van der Waals surface area (Å²) in [6.45, 7) is 2.31. The third kappa shape index (κ3) is 4.22. The maximum absolute atomic E-state index is 13.9. The lowest BCUT2D eigenvalue weighted by Crippen LogP contribution is -2.39. The molecule has 1 fully saturated rings. The van der Waals surface area contributed by atoms with Crippen molar-refractivity contribution in [2.45, 2.75) is 19.4 Å². The Bertz CT molecular complexity index is 934. The highest BCUT2D eigenvalue weighted by atomic mass is 32.2. The Morgan fingerprint density at radius 2 is 2.08 bits per heavy atom. The lowest BCUT2D eigenvalue weighted by atomic mass is 10.2. The minimum atomic E-state index is -3.03. The van der Waals surface area contributed by atoms with Crippen molar-refractivity contribution in [3.05, 3.63) is 53.2 Å². The highest BCUT2D eigenvalue weighted by Crippen LogP contribution is 2.30. The van der Waals surface area contributed by atoms with Crippen LogP contribution >= 0.6 is 11.3 Å². The Labute approximate surface area is 156 Å². The summed E-state index contributed by atoms with van der Waals surface area (Å²) in [5, 5.41) is 0. The number of nitrogens with zero attached hydrogens (tertiary/aromatic N) is 1. The van der Waals surface area contributed by atoms with E-state index in [2.05, 4.69) is 0 Å². The second-order valence-corrected chi connectivity index (χ2v) is 9.54. The fourth-order valence-corrected chi connectivity index (χ4v) is 5.78. The number of benzene rings is 1. The van der Waals surface area contributed by atoms with E-state index < -0.39 is 9.84 Å². The smallest absolute Gasteiger partial charge is 0.246 e. The van der Waals surface area contributed by atoms with Gasteiger partial charge >= 0.3 is 0 Å². The van der Waals surface area contributed by atoms with Gasteiger partial charge in [0.25, 0.3) is 0 Å². The lowest BCUT2D eigenvalue weighted by Gasteiger charge is -2.25. The van der Waals surface area contributed by atoms with Crippen molar-refractivity contribution < 1.29 is 17.6 Å². The first-order valence-corrected chi connectivity index (χ1v) is 11.1. The average molecular weight is 394 g/mol. The Hall–Kier alpha value is -1.99. The number of sulfone groups is 1. The maximum atomic E-state index is 13.9. The standard InChI is InChI=1S/C19H20FNO3S2/c1-2-21(14-11-12-26(23,24)13-14)19(22)10-8-15-7-9-18(25-15)16-5-3-4-6-17(16)20/h3-10,14H,2,11-13H2,1H3/b10-8+. The van der Waals surface area contributed by atoms with Crippen molar-refractivity contribution in [1.29, 1.82) is 0 Å². The van der Waals surface area contributed by atoms with Crippen molar-refractivity contribution in [3.63, 3.8) is 0 Å². The van der Waals surface area contributed by atoms with Crippen LogP contribution in [-0.2, 0) is 14.6 Å². The third-order valence-corrected chi connectivity index (χ3v) is 7.26. The topological polar surface area (TPSA) is 54.5 Å². The fourth-order valence-electron chi connectivity index (χ4n) is 3.11. The molecule has 1 aliphatic heterocycles. The molecular weight excluding hydrogens is 373 g/mol. The highest BCUT2D eigenvalue weighted by Gasteiger charge is 2.33. The van der Waals surface area contributed by atoms with Crippen molar-refractivity contribution in [3.8, 4) is 10.4 Å². The van der Waals surface area contributed by atoms with Gasteiger partial charge in [0, 0.05) is 34.0 Å². The first kappa shape index (κ1) is 18.8. The second-order valence-electron chi connectivity index (χ2n) is 6.20. The number of rotatable bonds is 5. The maximum Gasteiger partial charge on any atom is 0.246 e. The van der Waals surface area contributed by atoms with Gasteiger partial charge in [0.15, 0.2) is 9.84 Å². The highest BCUT2D eigenvalue weighted by molar-refractivity contribution is 7.91. The summed E-state index contributed by atoms with van der Waals surface area (Å²) in [4.78, 5) is 15.7. The van der Waals surface area contributed by atoms with Crippen LogP contribution in [0, 0.1) is 5.82 Å². The van der Waals surface area contributed by atoms with Gasteiger partial charge < -0.3 is 4.90 Å². The molecule has 7 heteroatoms. The van der Waals surface area contributed by atoms with Crippen LogP contribution in [0.25, 0.3) is 16.5 Å². The number of carbonyl (C=O) groups excluding carboxylic acids is 1. The molecule has 0 bridgehead atoms. The quantitative estimate of drug-likeness (QED) is 0.730. The van der Waals surface area contributed by atoms with Crippen molar-refractivity contribution in [2.24, 2.45) is 0 Å². The lowest BCUT2D eigenvalue weighted by molar-refractivity contribution is -0.127. The zero-order valence-corrected chi connectivity index (χ0v) is 16.0.